The maximum atomic E-state index is 12.2. The van der Waals surface area contributed by atoms with E-state index < -0.39 is 5.60 Å². The van der Waals surface area contributed by atoms with Gasteiger partial charge in [-0.2, -0.15) is 0 Å². The smallest absolute Gasteiger partial charge is 0.411 e. The van der Waals surface area contributed by atoms with Gasteiger partial charge in [-0.25, -0.2) is 4.79 Å². The van der Waals surface area contributed by atoms with Gasteiger partial charge in [0.1, 0.15) is 11.9 Å². The second kappa shape index (κ2) is 7.07. The minimum absolute atomic E-state index is 0.212. The standard InChI is InChI=1S/C14H23NO3.CH4O/c1-14(2,3)18-13(17)15-11(9-16)8-10-6-4-5-7-12(10)15;1-2/h9-12H,4-8H2,1-3H3;2H,1H3. The van der Waals surface area contributed by atoms with Crippen molar-refractivity contribution >= 4 is 12.4 Å². The van der Waals surface area contributed by atoms with E-state index in [0.29, 0.717) is 5.92 Å². The van der Waals surface area contributed by atoms with Crippen LogP contribution in [-0.2, 0) is 9.53 Å². The molecule has 1 aliphatic carbocycles. The van der Waals surface area contributed by atoms with Crippen LogP contribution >= 0.6 is 0 Å². The van der Waals surface area contributed by atoms with E-state index in [9.17, 15) is 9.59 Å². The first-order valence-corrected chi connectivity index (χ1v) is 7.33. The number of likely N-dealkylation sites (tertiary alicyclic amines) is 1. The lowest BCUT2D eigenvalue weighted by Gasteiger charge is -2.34. The lowest BCUT2D eigenvalue weighted by atomic mass is 9.85. The zero-order chi connectivity index (χ0) is 15.3. The molecule has 0 bridgehead atoms. The predicted octanol–water partition coefficient (Wildman–Crippen LogP) is 2.36. The van der Waals surface area contributed by atoms with Crippen molar-refractivity contribution < 1.29 is 19.4 Å². The molecule has 1 saturated heterocycles. The Balaban J connectivity index is 0.000000956. The van der Waals surface area contributed by atoms with Crippen molar-refractivity contribution in [3.63, 3.8) is 0 Å². The van der Waals surface area contributed by atoms with E-state index in [2.05, 4.69) is 0 Å². The van der Waals surface area contributed by atoms with Gasteiger partial charge in [-0.1, -0.05) is 12.8 Å². The maximum Gasteiger partial charge on any atom is 0.411 e. The number of aliphatic hydroxyl groups excluding tert-OH is 1. The Morgan fingerprint density at radius 2 is 1.85 bits per heavy atom. The van der Waals surface area contributed by atoms with Crippen LogP contribution in [0.25, 0.3) is 0 Å². The molecule has 0 aromatic rings. The highest BCUT2D eigenvalue weighted by atomic mass is 16.6. The lowest BCUT2D eigenvalue weighted by molar-refractivity contribution is -0.112. The normalized spacial score (nSPS) is 29.1. The fourth-order valence-corrected chi connectivity index (χ4v) is 3.21. The fourth-order valence-electron chi connectivity index (χ4n) is 3.21. The predicted molar refractivity (Wildman–Crippen MR) is 76.4 cm³/mol. The Labute approximate surface area is 121 Å². The van der Waals surface area contributed by atoms with Gasteiger partial charge in [-0.15, -0.1) is 0 Å². The number of hydrogen-bond donors (Lipinski definition) is 1. The average Bonchev–Trinajstić information content (AvgIpc) is 2.77. The summed E-state index contributed by atoms with van der Waals surface area (Å²) in [5.41, 5.74) is -0.503. The maximum absolute atomic E-state index is 12.2. The average molecular weight is 285 g/mol. The van der Waals surface area contributed by atoms with Crippen molar-refractivity contribution in [3.8, 4) is 0 Å². The van der Waals surface area contributed by atoms with Crippen LogP contribution in [0.2, 0.25) is 0 Å². The third kappa shape index (κ3) is 3.95. The van der Waals surface area contributed by atoms with Crippen LogP contribution in [-0.4, -0.2) is 47.2 Å². The third-order valence-electron chi connectivity index (χ3n) is 3.89. The van der Waals surface area contributed by atoms with Gasteiger partial charge in [0.15, 0.2) is 0 Å². The van der Waals surface area contributed by atoms with Crippen molar-refractivity contribution in [2.45, 2.75) is 70.6 Å². The summed E-state index contributed by atoms with van der Waals surface area (Å²) in [4.78, 5) is 25.1. The lowest BCUT2D eigenvalue weighted by Crippen LogP contribution is -2.46. The Morgan fingerprint density at radius 1 is 1.25 bits per heavy atom. The van der Waals surface area contributed by atoms with Crippen molar-refractivity contribution in [1.29, 1.82) is 0 Å². The number of aliphatic hydroxyl groups is 1. The van der Waals surface area contributed by atoms with Gasteiger partial charge in [0, 0.05) is 13.2 Å². The van der Waals surface area contributed by atoms with Crippen molar-refractivity contribution in [3.05, 3.63) is 0 Å². The summed E-state index contributed by atoms with van der Waals surface area (Å²) in [7, 11) is 1.00. The number of carbonyl (C=O) groups excluding carboxylic acids is 2. The molecule has 20 heavy (non-hydrogen) atoms. The molecule has 116 valence electrons. The summed E-state index contributed by atoms with van der Waals surface area (Å²) in [5, 5.41) is 7.00. The molecular weight excluding hydrogens is 258 g/mol. The number of hydrogen-bond acceptors (Lipinski definition) is 4. The molecule has 2 fully saturated rings. The van der Waals surface area contributed by atoms with Crippen LogP contribution in [0.1, 0.15) is 52.9 Å². The van der Waals surface area contributed by atoms with Crippen molar-refractivity contribution in [2.75, 3.05) is 7.11 Å². The Kier molecular flexibility index (Phi) is 5.99. The van der Waals surface area contributed by atoms with Gasteiger partial charge in [0.2, 0.25) is 0 Å². The Hall–Kier alpha value is -1.10. The van der Waals surface area contributed by atoms with E-state index >= 15 is 0 Å². The van der Waals surface area contributed by atoms with Gasteiger partial charge in [0.05, 0.1) is 6.04 Å². The highest BCUT2D eigenvalue weighted by Crippen LogP contribution is 2.39. The molecule has 3 unspecified atom stereocenters. The van der Waals surface area contributed by atoms with Crippen LogP contribution in [0, 0.1) is 5.92 Å². The Morgan fingerprint density at radius 3 is 2.40 bits per heavy atom. The molecule has 5 heteroatoms. The molecule has 1 saturated carbocycles. The van der Waals surface area contributed by atoms with Gasteiger partial charge < -0.3 is 14.6 Å². The molecule has 1 amide bonds. The summed E-state index contributed by atoms with van der Waals surface area (Å²) >= 11 is 0. The number of fused-ring (bicyclic) bond motifs is 1. The molecule has 5 nitrogen and oxygen atoms in total. The van der Waals surface area contributed by atoms with Crippen LogP contribution in [0.3, 0.4) is 0 Å². The van der Waals surface area contributed by atoms with Crippen LogP contribution in [0.15, 0.2) is 0 Å². The topological polar surface area (TPSA) is 66.8 Å². The Bertz CT molecular complexity index is 337. The highest BCUT2D eigenvalue weighted by molar-refractivity contribution is 5.75. The van der Waals surface area contributed by atoms with E-state index in [1.807, 2.05) is 20.8 Å². The van der Waals surface area contributed by atoms with Gasteiger partial charge in [-0.05, 0) is 46.0 Å². The number of carbonyl (C=O) groups is 2. The first-order valence-electron chi connectivity index (χ1n) is 7.33. The van der Waals surface area contributed by atoms with Crippen LogP contribution in [0.4, 0.5) is 4.79 Å². The third-order valence-corrected chi connectivity index (χ3v) is 3.89. The molecular formula is C15H27NO4. The minimum atomic E-state index is -0.503. The summed E-state index contributed by atoms with van der Waals surface area (Å²) < 4.78 is 5.43. The largest absolute Gasteiger partial charge is 0.444 e. The molecule has 0 aromatic carbocycles. The van der Waals surface area contributed by atoms with E-state index in [-0.39, 0.29) is 18.2 Å². The zero-order valence-corrected chi connectivity index (χ0v) is 13.0. The molecule has 2 aliphatic rings. The molecule has 3 atom stereocenters. The van der Waals surface area contributed by atoms with E-state index in [1.54, 1.807) is 4.90 Å². The second-order valence-electron chi connectivity index (χ2n) is 6.44. The second-order valence-corrected chi connectivity index (χ2v) is 6.44. The van der Waals surface area contributed by atoms with E-state index in [0.717, 1.165) is 39.1 Å². The SMILES string of the molecule is CC(C)(C)OC(=O)N1C(C=O)CC2CCCCC21.CO. The number of aldehydes is 1. The fraction of sp³-hybridized carbons (Fsp3) is 0.867. The summed E-state index contributed by atoms with van der Waals surface area (Å²) in [6.45, 7) is 5.57. The zero-order valence-electron chi connectivity index (χ0n) is 13.0. The number of ether oxygens (including phenoxy) is 1. The molecule has 0 aromatic heterocycles. The summed E-state index contributed by atoms with van der Waals surface area (Å²) in [6.07, 6.45) is 5.90. The van der Waals surface area contributed by atoms with Crippen LogP contribution < -0.4 is 0 Å². The molecule has 1 heterocycles. The minimum Gasteiger partial charge on any atom is -0.444 e. The number of rotatable bonds is 1. The van der Waals surface area contributed by atoms with E-state index in [1.165, 1.54) is 6.42 Å². The summed E-state index contributed by atoms with van der Waals surface area (Å²) in [6, 6.07) is -0.0725. The van der Waals surface area contributed by atoms with E-state index in [4.69, 9.17) is 9.84 Å². The molecule has 0 radical (unpaired) electrons. The molecule has 0 spiro atoms. The van der Waals surface area contributed by atoms with Gasteiger partial charge in [0.25, 0.3) is 0 Å². The molecule has 1 N–H and O–H groups in total. The van der Waals surface area contributed by atoms with Crippen LogP contribution in [0.5, 0.6) is 0 Å². The summed E-state index contributed by atoms with van der Waals surface area (Å²) in [5.74, 6) is 0.487. The van der Waals surface area contributed by atoms with Crippen molar-refractivity contribution in [1.82, 2.24) is 4.90 Å². The molecule has 2 rings (SSSR count). The van der Waals surface area contributed by atoms with Gasteiger partial charge in [-0.3, -0.25) is 4.90 Å². The first kappa shape index (κ1) is 17.0. The first-order chi connectivity index (χ1) is 9.42. The highest BCUT2D eigenvalue weighted by Gasteiger charge is 2.45. The monoisotopic (exact) mass is 285 g/mol. The van der Waals surface area contributed by atoms with Gasteiger partial charge >= 0.3 is 6.09 Å². The number of amides is 1. The number of nitrogens with zero attached hydrogens (tertiary/aromatic N) is 1. The molecule has 1 aliphatic heterocycles. The quantitative estimate of drug-likeness (QED) is 0.751. The van der Waals surface area contributed by atoms with Crippen molar-refractivity contribution in [2.24, 2.45) is 5.92 Å².